The summed E-state index contributed by atoms with van der Waals surface area (Å²) in [4.78, 5) is 19.7. The van der Waals surface area contributed by atoms with Crippen molar-refractivity contribution in [2.24, 2.45) is 5.10 Å². The molecule has 0 radical (unpaired) electrons. The van der Waals surface area contributed by atoms with Crippen molar-refractivity contribution in [3.8, 4) is 5.75 Å². The lowest BCUT2D eigenvalue weighted by atomic mass is 10.2. The number of rotatable bonds is 8. The number of nitrogens with zero attached hydrogens (tertiary/aromatic N) is 2. The van der Waals surface area contributed by atoms with Gasteiger partial charge in [-0.1, -0.05) is 54.2 Å². The minimum atomic E-state index is -3.99. The highest BCUT2D eigenvalue weighted by molar-refractivity contribution is 7.99. The number of hydrazone groups is 1. The number of hydrogen-bond acceptors (Lipinski definition) is 7. The van der Waals surface area contributed by atoms with Gasteiger partial charge in [-0.3, -0.25) is 4.79 Å². The lowest BCUT2D eigenvalue weighted by Crippen LogP contribution is -2.19. The minimum Gasteiger partial charge on any atom is -0.378 e. The zero-order valence-corrected chi connectivity index (χ0v) is 18.3. The fraction of sp³-hybridized carbons (Fsp3) is 0.0455. The third-order valence-corrected chi connectivity index (χ3v) is 6.37. The molecule has 1 heterocycles. The van der Waals surface area contributed by atoms with Crippen LogP contribution in [-0.2, 0) is 14.9 Å². The van der Waals surface area contributed by atoms with Gasteiger partial charge in [0.1, 0.15) is 4.90 Å². The SMILES string of the molecule is O=C(CSc1nc2ccccc2[nH]1)N/N=C\c1ccccc1OS(=O)(=O)c1ccccc1. The number of nitrogens with one attached hydrogen (secondary N) is 2. The number of thioether (sulfide) groups is 1. The maximum absolute atomic E-state index is 12.5. The summed E-state index contributed by atoms with van der Waals surface area (Å²) < 4.78 is 30.2. The van der Waals surface area contributed by atoms with E-state index >= 15 is 0 Å². The topological polar surface area (TPSA) is 114 Å². The second-order valence-electron chi connectivity index (χ2n) is 6.53. The number of fused-ring (bicyclic) bond motifs is 1. The molecule has 0 unspecified atom stereocenters. The molecule has 10 heteroatoms. The summed E-state index contributed by atoms with van der Waals surface area (Å²) in [5.41, 5.74) is 4.55. The molecule has 0 bridgehead atoms. The van der Waals surface area contributed by atoms with Crippen LogP contribution in [0, 0.1) is 0 Å². The number of aromatic nitrogens is 2. The predicted molar refractivity (Wildman–Crippen MR) is 123 cm³/mol. The van der Waals surface area contributed by atoms with Gasteiger partial charge in [0.05, 0.1) is 23.0 Å². The van der Waals surface area contributed by atoms with Gasteiger partial charge < -0.3 is 9.17 Å². The summed E-state index contributed by atoms with van der Waals surface area (Å²) in [7, 11) is -3.99. The van der Waals surface area contributed by atoms with Gasteiger partial charge in [-0.15, -0.1) is 0 Å². The van der Waals surface area contributed by atoms with Crippen molar-refractivity contribution in [3.05, 3.63) is 84.4 Å². The predicted octanol–water partition coefficient (Wildman–Crippen LogP) is 3.57. The zero-order valence-electron chi connectivity index (χ0n) is 16.6. The van der Waals surface area contributed by atoms with Crippen LogP contribution in [0.15, 0.2) is 94.0 Å². The molecule has 4 rings (SSSR count). The number of H-pyrrole nitrogens is 1. The van der Waals surface area contributed by atoms with Crippen molar-refractivity contribution >= 4 is 45.0 Å². The van der Waals surface area contributed by atoms with Crippen molar-refractivity contribution in [2.45, 2.75) is 10.1 Å². The lowest BCUT2D eigenvalue weighted by molar-refractivity contribution is -0.118. The van der Waals surface area contributed by atoms with Crippen LogP contribution in [-0.4, -0.2) is 36.3 Å². The maximum atomic E-state index is 12.5. The first kappa shape index (κ1) is 21.6. The molecule has 0 fully saturated rings. The third-order valence-electron chi connectivity index (χ3n) is 4.25. The highest BCUT2D eigenvalue weighted by Gasteiger charge is 2.17. The number of carbonyl (C=O) groups excluding carboxylic acids is 1. The van der Waals surface area contributed by atoms with Crippen LogP contribution in [0.5, 0.6) is 5.75 Å². The fourth-order valence-electron chi connectivity index (χ4n) is 2.75. The molecule has 8 nitrogen and oxygen atoms in total. The van der Waals surface area contributed by atoms with E-state index in [2.05, 4.69) is 20.5 Å². The maximum Gasteiger partial charge on any atom is 0.339 e. The van der Waals surface area contributed by atoms with Gasteiger partial charge in [0, 0.05) is 5.56 Å². The van der Waals surface area contributed by atoms with E-state index in [4.69, 9.17) is 4.18 Å². The van der Waals surface area contributed by atoms with Gasteiger partial charge in [0.25, 0.3) is 5.91 Å². The van der Waals surface area contributed by atoms with Crippen LogP contribution in [0.25, 0.3) is 11.0 Å². The van der Waals surface area contributed by atoms with Crippen LogP contribution in [0.3, 0.4) is 0 Å². The average Bonchev–Trinajstić information content (AvgIpc) is 3.22. The third kappa shape index (κ3) is 5.34. The Balaban J connectivity index is 1.36. The number of amides is 1. The smallest absolute Gasteiger partial charge is 0.339 e. The van der Waals surface area contributed by atoms with Crippen LogP contribution in [0.2, 0.25) is 0 Å². The van der Waals surface area contributed by atoms with Crippen molar-refractivity contribution in [2.75, 3.05) is 5.75 Å². The highest BCUT2D eigenvalue weighted by Crippen LogP contribution is 2.22. The molecule has 162 valence electrons. The van der Waals surface area contributed by atoms with E-state index in [1.165, 1.54) is 36.2 Å². The summed E-state index contributed by atoms with van der Waals surface area (Å²) in [6, 6.07) is 22.0. The van der Waals surface area contributed by atoms with E-state index in [9.17, 15) is 13.2 Å². The molecule has 0 aliphatic carbocycles. The van der Waals surface area contributed by atoms with E-state index in [0.29, 0.717) is 10.7 Å². The molecule has 2 N–H and O–H groups in total. The van der Waals surface area contributed by atoms with E-state index in [-0.39, 0.29) is 22.3 Å². The summed E-state index contributed by atoms with van der Waals surface area (Å²) in [5, 5.41) is 4.55. The Bertz CT molecular complexity index is 1340. The molecule has 0 spiro atoms. The Morgan fingerprint density at radius 2 is 1.75 bits per heavy atom. The number of aromatic amines is 1. The standard InChI is InChI=1S/C22H18N4O4S2/c27-21(15-31-22-24-18-11-5-6-12-19(18)25-22)26-23-14-16-8-4-7-13-20(16)30-32(28,29)17-9-2-1-3-10-17/h1-14H,15H2,(H,24,25)(H,26,27)/b23-14-. The van der Waals surface area contributed by atoms with Crippen molar-refractivity contribution < 1.29 is 17.4 Å². The normalized spacial score (nSPS) is 11.6. The van der Waals surface area contributed by atoms with Crippen molar-refractivity contribution in [3.63, 3.8) is 0 Å². The first-order valence-corrected chi connectivity index (χ1v) is 11.9. The Morgan fingerprint density at radius 3 is 2.56 bits per heavy atom. The molecule has 0 saturated heterocycles. The van der Waals surface area contributed by atoms with Crippen LogP contribution in [0.1, 0.15) is 5.56 Å². The van der Waals surface area contributed by atoms with Gasteiger partial charge in [-0.25, -0.2) is 10.4 Å². The number of imidazole rings is 1. The molecule has 1 amide bonds. The van der Waals surface area contributed by atoms with Crippen LogP contribution >= 0.6 is 11.8 Å². The number of hydrogen-bond donors (Lipinski definition) is 2. The average molecular weight is 467 g/mol. The molecule has 3 aromatic carbocycles. The quantitative estimate of drug-likeness (QED) is 0.178. The van der Waals surface area contributed by atoms with Crippen LogP contribution in [0.4, 0.5) is 0 Å². The number of benzene rings is 3. The number of para-hydroxylation sites is 3. The first-order chi connectivity index (χ1) is 15.5. The second kappa shape index (κ2) is 9.67. The molecule has 4 aromatic rings. The Kier molecular flexibility index (Phi) is 6.52. The van der Waals surface area contributed by atoms with E-state index < -0.39 is 10.1 Å². The van der Waals surface area contributed by atoms with Crippen molar-refractivity contribution in [1.82, 2.24) is 15.4 Å². The molecule has 1 aromatic heterocycles. The van der Waals surface area contributed by atoms with Gasteiger partial charge in [-0.2, -0.15) is 13.5 Å². The fourth-order valence-corrected chi connectivity index (χ4v) is 4.41. The second-order valence-corrected chi connectivity index (χ2v) is 9.04. The van der Waals surface area contributed by atoms with Crippen LogP contribution < -0.4 is 9.61 Å². The summed E-state index contributed by atoms with van der Waals surface area (Å²) in [6.07, 6.45) is 1.33. The van der Waals surface area contributed by atoms with Gasteiger partial charge in [-0.05, 0) is 36.4 Å². The molecule has 0 aliphatic heterocycles. The lowest BCUT2D eigenvalue weighted by Gasteiger charge is -2.09. The molecular weight excluding hydrogens is 448 g/mol. The minimum absolute atomic E-state index is 0.0441. The molecular formula is C22H18N4O4S2. The molecule has 32 heavy (non-hydrogen) atoms. The molecule has 0 aliphatic rings. The van der Waals surface area contributed by atoms with E-state index in [1.54, 1.807) is 36.4 Å². The zero-order chi connectivity index (χ0) is 22.4. The summed E-state index contributed by atoms with van der Waals surface area (Å²) >= 11 is 1.25. The van der Waals surface area contributed by atoms with E-state index in [0.717, 1.165) is 11.0 Å². The van der Waals surface area contributed by atoms with Gasteiger partial charge in [0.2, 0.25) is 0 Å². The molecule has 0 saturated carbocycles. The molecule has 0 atom stereocenters. The Labute approximate surface area is 188 Å². The monoisotopic (exact) mass is 466 g/mol. The Hall–Kier alpha value is -3.63. The largest absolute Gasteiger partial charge is 0.378 e. The van der Waals surface area contributed by atoms with Crippen molar-refractivity contribution in [1.29, 1.82) is 0 Å². The van der Waals surface area contributed by atoms with Gasteiger partial charge >= 0.3 is 10.1 Å². The Morgan fingerprint density at radius 1 is 1.03 bits per heavy atom. The summed E-state index contributed by atoms with van der Waals surface area (Å²) in [6.45, 7) is 0. The first-order valence-electron chi connectivity index (χ1n) is 9.49. The van der Waals surface area contributed by atoms with E-state index in [1.807, 2.05) is 24.3 Å². The number of carbonyl (C=O) groups is 1. The van der Waals surface area contributed by atoms with Gasteiger partial charge in [0.15, 0.2) is 10.9 Å². The summed E-state index contributed by atoms with van der Waals surface area (Å²) in [5.74, 6) is -0.120. The highest BCUT2D eigenvalue weighted by atomic mass is 32.2.